The number of rotatable bonds is 4. The van der Waals surface area contributed by atoms with Crippen molar-refractivity contribution in [3.63, 3.8) is 0 Å². The molecule has 1 fully saturated rings. The van der Waals surface area contributed by atoms with E-state index in [1.165, 1.54) is 0 Å². The molecule has 1 aromatic carbocycles. The van der Waals surface area contributed by atoms with Gasteiger partial charge in [0, 0.05) is 13.1 Å². The summed E-state index contributed by atoms with van der Waals surface area (Å²) in [4.78, 5) is 0.311. The molecule has 1 heterocycles. The Bertz CT molecular complexity index is 549. The van der Waals surface area contributed by atoms with Crippen molar-refractivity contribution in [2.75, 3.05) is 13.1 Å². The van der Waals surface area contributed by atoms with Crippen LogP contribution in [-0.2, 0) is 10.0 Å². The van der Waals surface area contributed by atoms with Crippen molar-refractivity contribution in [2.45, 2.75) is 38.2 Å². The van der Waals surface area contributed by atoms with Gasteiger partial charge in [-0.3, -0.25) is 0 Å². The van der Waals surface area contributed by atoms with Gasteiger partial charge in [0.05, 0.1) is 11.0 Å². The van der Waals surface area contributed by atoms with Crippen LogP contribution in [0.3, 0.4) is 0 Å². The second kappa shape index (κ2) is 5.84. The van der Waals surface area contributed by atoms with Gasteiger partial charge in [0.2, 0.25) is 10.0 Å². The van der Waals surface area contributed by atoms with Crippen LogP contribution >= 0.6 is 0 Å². The van der Waals surface area contributed by atoms with Crippen LogP contribution in [0.5, 0.6) is 0 Å². The van der Waals surface area contributed by atoms with Crippen LogP contribution in [0, 0.1) is 11.8 Å². The van der Waals surface area contributed by atoms with Gasteiger partial charge in [-0.05, 0) is 42.9 Å². The second-order valence-corrected chi connectivity index (χ2v) is 7.84. The minimum Gasteiger partial charge on any atom is -0.389 e. The molecule has 1 N–H and O–H groups in total. The number of benzene rings is 1. The number of hydrogen-bond acceptors (Lipinski definition) is 3. The van der Waals surface area contributed by atoms with Gasteiger partial charge in [-0.25, -0.2) is 8.42 Å². The van der Waals surface area contributed by atoms with Crippen LogP contribution in [-0.4, -0.2) is 30.9 Å². The Morgan fingerprint density at radius 3 is 2.25 bits per heavy atom. The third-order valence-electron chi connectivity index (χ3n) is 4.13. The number of aliphatic hydroxyl groups is 1. The number of nitrogens with zero attached hydrogens (tertiary/aromatic N) is 1. The van der Waals surface area contributed by atoms with Crippen LogP contribution in [0.2, 0.25) is 0 Å². The fourth-order valence-electron chi connectivity index (χ4n) is 2.58. The van der Waals surface area contributed by atoms with Crippen LogP contribution in [0.4, 0.5) is 0 Å². The average Bonchev–Trinajstić information content (AvgIpc) is 2.89. The van der Waals surface area contributed by atoms with E-state index in [1.807, 2.05) is 0 Å². The van der Waals surface area contributed by atoms with Crippen molar-refractivity contribution in [3.8, 4) is 0 Å². The zero-order valence-electron chi connectivity index (χ0n) is 12.3. The first-order valence-electron chi connectivity index (χ1n) is 7.10. The number of sulfonamides is 1. The van der Waals surface area contributed by atoms with E-state index in [9.17, 15) is 13.5 Å². The third kappa shape index (κ3) is 3.05. The second-order valence-electron chi connectivity index (χ2n) is 5.90. The lowest BCUT2D eigenvalue weighted by atomic mass is 9.96. The molecule has 1 saturated heterocycles. The maximum absolute atomic E-state index is 12.5. The van der Waals surface area contributed by atoms with Gasteiger partial charge in [0.15, 0.2) is 0 Å². The summed E-state index contributed by atoms with van der Waals surface area (Å²) in [5.74, 6) is 0.953. The Hall–Kier alpha value is -0.910. The molecule has 0 saturated carbocycles. The molecule has 1 aliphatic heterocycles. The van der Waals surface area contributed by atoms with Gasteiger partial charge in [0.1, 0.15) is 0 Å². The Labute approximate surface area is 121 Å². The molecule has 2 unspecified atom stereocenters. The lowest BCUT2D eigenvalue weighted by molar-refractivity contribution is 0.199. The number of hydrogen-bond donors (Lipinski definition) is 1. The average molecular weight is 297 g/mol. The summed E-state index contributed by atoms with van der Waals surface area (Å²) < 4.78 is 26.7. The van der Waals surface area contributed by atoms with E-state index in [4.69, 9.17) is 0 Å². The van der Waals surface area contributed by atoms with E-state index in [2.05, 4.69) is 13.8 Å². The molecule has 5 heteroatoms. The third-order valence-corrected chi connectivity index (χ3v) is 6.01. The summed E-state index contributed by atoms with van der Waals surface area (Å²) in [5, 5.41) is 9.46. The molecule has 0 spiro atoms. The highest BCUT2D eigenvalue weighted by molar-refractivity contribution is 7.89. The summed E-state index contributed by atoms with van der Waals surface area (Å²) >= 11 is 0. The Kier molecular flexibility index (Phi) is 4.52. The quantitative estimate of drug-likeness (QED) is 0.928. The van der Waals surface area contributed by atoms with E-state index in [0.29, 0.717) is 29.8 Å². The summed E-state index contributed by atoms with van der Waals surface area (Å²) in [7, 11) is -3.40. The van der Waals surface area contributed by atoms with Crippen LogP contribution in [0.25, 0.3) is 0 Å². The molecule has 2 atom stereocenters. The molecule has 0 radical (unpaired) electrons. The van der Waals surface area contributed by atoms with Gasteiger partial charge in [0.25, 0.3) is 0 Å². The minimum absolute atomic E-state index is 0.311. The van der Waals surface area contributed by atoms with E-state index in [1.54, 1.807) is 35.5 Å². The van der Waals surface area contributed by atoms with Crippen molar-refractivity contribution in [1.82, 2.24) is 4.31 Å². The highest BCUT2D eigenvalue weighted by atomic mass is 32.2. The molecule has 2 rings (SSSR count). The van der Waals surface area contributed by atoms with E-state index < -0.39 is 16.1 Å². The summed E-state index contributed by atoms with van der Waals surface area (Å²) in [5.41, 5.74) is 0.727. The van der Waals surface area contributed by atoms with E-state index in [-0.39, 0.29) is 0 Å². The molecular weight excluding hydrogens is 274 g/mol. The maximum Gasteiger partial charge on any atom is 0.243 e. The zero-order chi connectivity index (χ0) is 14.9. The molecule has 1 aliphatic rings. The first kappa shape index (κ1) is 15.5. The summed E-state index contributed by atoms with van der Waals surface area (Å²) in [6.07, 6.45) is 0.353. The fourth-order valence-corrected chi connectivity index (χ4v) is 4.10. The Balaban J connectivity index is 2.19. The highest BCUT2D eigenvalue weighted by Crippen LogP contribution is 2.28. The maximum atomic E-state index is 12.5. The first-order chi connectivity index (χ1) is 9.32. The molecule has 0 amide bonds. The molecule has 20 heavy (non-hydrogen) atoms. The summed E-state index contributed by atoms with van der Waals surface area (Å²) in [6.45, 7) is 7.15. The minimum atomic E-state index is -3.40. The largest absolute Gasteiger partial charge is 0.389 e. The Morgan fingerprint density at radius 1 is 1.20 bits per heavy atom. The van der Waals surface area contributed by atoms with Gasteiger partial charge in [-0.1, -0.05) is 26.0 Å². The zero-order valence-corrected chi connectivity index (χ0v) is 13.1. The van der Waals surface area contributed by atoms with Crippen molar-refractivity contribution in [1.29, 1.82) is 0 Å². The normalized spacial score (nSPS) is 22.4. The standard InChI is InChI=1S/C15H23NO3S/c1-11(2)14-8-9-16(10-14)20(18,19)15-6-4-13(5-7-15)12(3)17/h4-7,11-12,14,17H,8-10H2,1-3H3. The van der Waals surface area contributed by atoms with Crippen molar-refractivity contribution < 1.29 is 13.5 Å². The molecule has 4 nitrogen and oxygen atoms in total. The van der Waals surface area contributed by atoms with Crippen molar-refractivity contribution >= 4 is 10.0 Å². The predicted octanol–water partition coefficient (Wildman–Crippen LogP) is 2.41. The summed E-state index contributed by atoms with van der Waals surface area (Å²) in [6, 6.07) is 6.52. The van der Waals surface area contributed by atoms with Crippen molar-refractivity contribution in [2.24, 2.45) is 11.8 Å². The smallest absolute Gasteiger partial charge is 0.243 e. The van der Waals surface area contributed by atoms with Gasteiger partial charge < -0.3 is 5.11 Å². The van der Waals surface area contributed by atoms with Crippen LogP contribution in [0.1, 0.15) is 38.9 Å². The molecule has 1 aromatic rings. The van der Waals surface area contributed by atoms with Gasteiger partial charge in [-0.2, -0.15) is 4.31 Å². The van der Waals surface area contributed by atoms with Crippen LogP contribution in [0.15, 0.2) is 29.2 Å². The highest BCUT2D eigenvalue weighted by Gasteiger charge is 2.33. The lowest BCUT2D eigenvalue weighted by Gasteiger charge is -2.18. The van der Waals surface area contributed by atoms with Crippen molar-refractivity contribution in [3.05, 3.63) is 29.8 Å². The molecule has 0 aliphatic carbocycles. The van der Waals surface area contributed by atoms with Crippen LogP contribution < -0.4 is 0 Å². The molecule has 0 bridgehead atoms. The van der Waals surface area contributed by atoms with Gasteiger partial charge >= 0.3 is 0 Å². The van der Waals surface area contributed by atoms with E-state index in [0.717, 1.165) is 12.0 Å². The predicted molar refractivity (Wildman–Crippen MR) is 78.8 cm³/mol. The SMILES string of the molecule is CC(O)c1ccc(S(=O)(=O)N2CCC(C(C)C)C2)cc1. The van der Waals surface area contributed by atoms with E-state index >= 15 is 0 Å². The first-order valence-corrected chi connectivity index (χ1v) is 8.54. The fraction of sp³-hybridized carbons (Fsp3) is 0.600. The topological polar surface area (TPSA) is 57.6 Å². The monoisotopic (exact) mass is 297 g/mol. The van der Waals surface area contributed by atoms with Gasteiger partial charge in [-0.15, -0.1) is 0 Å². The number of aliphatic hydroxyl groups excluding tert-OH is 1. The molecule has 0 aromatic heterocycles. The molecule has 112 valence electrons. The lowest BCUT2D eigenvalue weighted by Crippen LogP contribution is -2.29. The molecular formula is C15H23NO3S. The Morgan fingerprint density at radius 2 is 1.80 bits per heavy atom.